The second kappa shape index (κ2) is 6.28. The molecule has 1 aromatic heterocycles. The number of hydrogen-bond donors (Lipinski definition) is 0. The minimum atomic E-state index is -2.19. The third-order valence-electron chi connectivity index (χ3n) is 4.70. The minimum absolute atomic E-state index is 0.0483. The van der Waals surface area contributed by atoms with Crippen molar-refractivity contribution in [3.63, 3.8) is 0 Å². The maximum absolute atomic E-state index is 12.7. The van der Waals surface area contributed by atoms with Gasteiger partial charge in [-0.3, -0.25) is 4.79 Å². The predicted molar refractivity (Wildman–Crippen MR) is 96.6 cm³/mol. The SMILES string of the molecule is CC(C)(C)OC(=O)N1C(=O)[C@H](O[Si](C)(C)C(C)(C)C)[C@@H]1c1ccco1. The van der Waals surface area contributed by atoms with Crippen LogP contribution in [0.2, 0.25) is 18.1 Å². The van der Waals surface area contributed by atoms with Crippen molar-refractivity contribution < 1.29 is 23.2 Å². The van der Waals surface area contributed by atoms with Crippen LogP contribution in [-0.2, 0) is 14.0 Å². The number of furan rings is 1. The van der Waals surface area contributed by atoms with Gasteiger partial charge in [0.05, 0.1) is 6.26 Å². The molecule has 0 aromatic carbocycles. The summed E-state index contributed by atoms with van der Waals surface area (Å²) in [5.41, 5.74) is -0.684. The fraction of sp³-hybridized carbons (Fsp3) is 0.667. The molecule has 2 rings (SSSR count). The van der Waals surface area contributed by atoms with Crippen LogP contribution in [0, 0.1) is 0 Å². The summed E-state index contributed by atoms with van der Waals surface area (Å²) in [7, 11) is -2.19. The van der Waals surface area contributed by atoms with E-state index in [1.165, 1.54) is 6.26 Å². The maximum Gasteiger partial charge on any atom is 0.417 e. The van der Waals surface area contributed by atoms with Crippen LogP contribution in [0.5, 0.6) is 0 Å². The average molecular weight is 368 g/mol. The summed E-state index contributed by atoms with van der Waals surface area (Å²) in [6.07, 6.45) is 0.128. The largest absolute Gasteiger partial charge is 0.467 e. The number of rotatable bonds is 3. The Labute approximate surface area is 150 Å². The number of carbonyl (C=O) groups excluding carboxylic acids is 2. The summed E-state index contributed by atoms with van der Waals surface area (Å²) in [5.74, 6) is 0.148. The van der Waals surface area contributed by atoms with E-state index in [4.69, 9.17) is 13.6 Å². The topological polar surface area (TPSA) is 69.0 Å². The van der Waals surface area contributed by atoms with E-state index >= 15 is 0 Å². The molecule has 25 heavy (non-hydrogen) atoms. The molecule has 2 heterocycles. The zero-order valence-corrected chi connectivity index (χ0v) is 17.4. The first-order valence-electron chi connectivity index (χ1n) is 8.52. The monoisotopic (exact) mass is 367 g/mol. The zero-order valence-electron chi connectivity index (χ0n) is 16.4. The second-order valence-corrected chi connectivity index (χ2v) is 13.7. The van der Waals surface area contributed by atoms with Crippen molar-refractivity contribution >= 4 is 20.3 Å². The van der Waals surface area contributed by atoms with Crippen LogP contribution in [0.4, 0.5) is 4.79 Å². The number of imide groups is 1. The van der Waals surface area contributed by atoms with Gasteiger partial charge in [0, 0.05) is 0 Å². The number of hydrogen-bond acceptors (Lipinski definition) is 5. The molecule has 140 valence electrons. The van der Waals surface area contributed by atoms with Crippen molar-refractivity contribution in [2.24, 2.45) is 0 Å². The highest BCUT2D eigenvalue weighted by atomic mass is 28.4. The van der Waals surface area contributed by atoms with Crippen LogP contribution in [0.1, 0.15) is 53.3 Å². The highest BCUT2D eigenvalue weighted by molar-refractivity contribution is 6.74. The number of carbonyl (C=O) groups is 2. The number of ether oxygens (including phenoxy) is 1. The Hall–Kier alpha value is -1.60. The first-order valence-corrected chi connectivity index (χ1v) is 11.4. The molecule has 0 radical (unpaired) electrons. The summed E-state index contributed by atoms with van der Waals surface area (Å²) in [6, 6.07) is 2.89. The number of amides is 2. The molecule has 2 atom stereocenters. The summed E-state index contributed by atoms with van der Waals surface area (Å²) < 4.78 is 17.1. The smallest absolute Gasteiger partial charge is 0.417 e. The standard InChI is InChI=1S/C18H29NO5Si/c1-17(2,3)23-16(21)19-13(12-10-9-11-22-12)14(15(19)20)24-25(7,8)18(4,5)6/h9-11,13-14H,1-8H3/t13-,14+/m0/s1. The van der Waals surface area contributed by atoms with E-state index < -0.39 is 32.2 Å². The molecule has 1 aliphatic rings. The Morgan fingerprint density at radius 3 is 2.24 bits per heavy atom. The Balaban J connectivity index is 2.27. The molecule has 7 heteroatoms. The van der Waals surface area contributed by atoms with E-state index in [0.717, 1.165) is 4.90 Å². The number of likely N-dealkylation sites (tertiary alicyclic amines) is 1. The van der Waals surface area contributed by atoms with Gasteiger partial charge in [-0.05, 0) is 51.0 Å². The maximum atomic E-state index is 12.7. The molecule has 0 unspecified atom stereocenters. The number of β-lactam (4-membered cyclic amide) rings is 1. The fourth-order valence-corrected chi connectivity index (χ4v) is 3.54. The van der Waals surface area contributed by atoms with Crippen LogP contribution >= 0.6 is 0 Å². The van der Waals surface area contributed by atoms with E-state index in [2.05, 4.69) is 33.9 Å². The molecular weight excluding hydrogens is 338 g/mol. The summed E-state index contributed by atoms with van der Waals surface area (Å²) in [4.78, 5) is 26.2. The van der Waals surface area contributed by atoms with Crippen molar-refractivity contribution in [2.75, 3.05) is 0 Å². The summed E-state index contributed by atoms with van der Waals surface area (Å²) in [6.45, 7) is 15.8. The first kappa shape index (κ1) is 19.7. The van der Waals surface area contributed by atoms with Crippen LogP contribution in [-0.4, -0.2) is 36.9 Å². The third kappa shape index (κ3) is 3.98. The second-order valence-electron chi connectivity index (χ2n) is 8.95. The van der Waals surface area contributed by atoms with Gasteiger partial charge in [-0.25, -0.2) is 9.69 Å². The molecular formula is C18H29NO5Si. The third-order valence-corrected chi connectivity index (χ3v) is 9.15. The van der Waals surface area contributed by atoms with Gasteiger partial charge >= 0.3 is 6.09 Å². The van der Waals surface area contributed by atoms with Crippen LogP contribution < -0.4 is 0 Å². The number of nitrogens with zero attached hydrogens (tertiary/aromatic N) is 1. The highest BCUT2D eigenvalue weighted by Gasteiger charge is 2.57. The van der Waals surface area contributed by atoms with Crippen molar-refractivity contribution in [3.05, 3.63) is 24.2 Å². The molecule has 0 bridgehead atoms. The van der Waals surface area contributed by atoms with Crippen LogP contribution in [0.3, 0.4) is 0 Å². The van der Waals surface area contributed by atoms with Crippen molar-refractivity contribution in [2.45, 2.75) is 77.4 Å². The van der Waals surface area contributed by atoms with Gasteiger partial charge in [-0.1, -0.05) is 20.8 Å². The molecule has 6 nitrogen and oxygen atoms in total. The fourth-order valence-electron chi connectivity index (χ4n) is 2.32. The van der Waals surface area contributed by atoms with E-state index in [1.54, 1.807) is 32.9 Å². The Morgan fingerprint density at radius 2 is 1.80 bits per heavy atom. The lowest BCUT2D eigenvalue weighted by atomic mass is 9.96. The molecule has 0 saturated carbocycles. The van der Waals surface area contributed by atoms with E-state index in [1.807, 2.05) is 0 Å². The molecule has 1 aliphatic heterocycles. The van der Waals surface area contributed by atoms with Gasteiger partial charge in [-0.2, -0.15) is 0 Å². The van der Waals surface area contributed by atoms with Gasteiger partial charge in [0.2, 0.25) is 0 Å². The lowest BCUT2D eigenvalue weighted by molar-refractivity contribution is -0.163. The van der Waals surface area contributed by atoms with Crippen molar-refractivity contribution in [1.29, 1.82) is 0 Å². The van der Waals surface area contributed by atoms with Crippen molar-refractivity contribution in [3.8, 4) is 0 Å². The highest BCUT2D eigenvalue weighted by Crippen LogP contribution is 2.44. The predicted octanol–water partition coefficient (Wildman–Crippen LogP) is 4.49. The zero-order chi connectivity index (χ0) is 19.2. The molecule has 2 amide bonds. The van der Waals surface area contributed by atoms with Gasteiger partial charge in [0.15, 0.2) is 14.4 Å². The summed E-state index contributed by atoms with van der Waals surface area (Å²) in [5, 5.41) is -0.0483. The molecule has 1 saturated heterocycles. The van der Waals surface area contributed by atoms with Gasteiger partial charge in [0.1, 0.15) is 17.4 Å². The van der Waals surface area contributed by atoms with Crippen LogP contribution in [0.25, 0.3) is 0 Å². The quantitative estimate of drug-likeness (QED) is 0.581. The Bertz CT molecular complexity index is 639. The lowest BCUT2D eigenvalue weighted by Crippen LogP contribution is -2.65. The van der Waals surface area contributed by atoms with Gasteiger partial charge in [0.25, 0.3) is 5.91 Å². The minimum Gasteiger partial charge on any atom is -0.467 e. The van der Waals surface area contributed by atoms with Gasteiger partial charge in [-0.15, -0.1) is 0 Å². The van der Waals surface area contributed by atoms with Crippen LogP contribution in [0.15, 0.2) is 22.8 Å². The van der Waals surface area contributed by atoms with E-state index in [-0.39, 0.29) is 10.9 Å². The van der Waals surface area contributed by atoms with Gasteiger partial charge < -0.3 is 13.6 Å². The van der Waals surface area contributed by atoms with E-state index in [9.17, 15) is 9.59 Å². The molecule has 0 aliphatic carbocycles. The average Bonchev–Trinajstić information content (AvgIpc) is 2.91. The molecule has 1 fully saturated rings. The van der Waals surface area contributed by atoms with Crippen molar-refractivity contribution in [1.82, 2.24) is 4.90 Å². The first-order chi connectivity index (χ1) is 11.2. The Kier molecular flexibility index (Phi) is 4.96. The molecule has 0 spiro atoms. The summed E-state index contributed by atoms with van der Waals surface area (Å²) >= 11 is 0. The lowest BCUT2D eigenvalue weighted by Gasteiger charge is -2.48. The van der Waals surface area contributed by atoms with E-state index in [0.29, 0.717) is 5.76 Å². The molecule has 1 aromatic rings. The Morgan fingerprint density at radius 1 is 1.20 bits per heavy atom. The molecule has 0 N–H and O–H groups in total. The normalized spacial score (nSPS) is 21.9.